The van der Waals surface area contributed by atoms with Crippen LogP contribution in [-0.4, -0.2) is 15.4 Å². The first-order chi connectivity index (χ1) is 10.8. The average Bonchev–Trinajstić information content (AvgIpc) is 3.17. The second kappa shape index (κ2) is 5.94. The average molecular weight is 332 g/mol. The van der Waals surface area contributed by atoms with E-state index in [9.17, 15) is 0 Å². The molecule has 3 nitrogen and oxygen atoms in total. The van der Waals surface area contributed by atoms with Gasteiger partial charge in [0.1, 0.15) is 17.2 Å². The highest BCUT2D eigenvalue weighted by atomic mass is 35.5. The summed E-state index contributed by atoms with van der Waals surface area (Å²) in [5, 5.41) is 6.56. The highest BCUT2D eigenvalue weighted by Crippen LogP contribution is 2.34. The summed E-state index contributed by atoms with van der Waals surface area (Å²) in [5.74, 6) is 1.08. The number of imidazole rings is 1. The Balaban J connectivity index is 1.81. The molecule has 4 rings (SSSR count). The topological polar surface area (TPSA) is 29.3 Å². The molecule has 0 aliphatic heterocycles. The van der Waals surface area contributed by atoms with Crippen molar-refractivity contribution < 1.29 is 0 Å². The summed E-state index contributed by atoms with van der Waals surface area (Å²) in [4.78, 5) is 6.01. The number of fused-ring (bicyclic) bond motifs is 1. The zero-order valence-electron chi connectivity index (χ0n) is 12.3. The lowest BCUT2D eigenvalue weighted by Gasteiger charge is -2.24. The van der Waals surface area contributed by atoms with E-state index < -0.39 is 0 Å². The molecule has 3 aromatic heterocycles. The summed E-state index contributed by atoms with van der Waals surface area (Å²) in [5.41, 5.74) is 1.97. The van der Waals surface area contributed by atoms with Crippen LogP contribution < -0.4 is 5.32 Å². The van der Waals surface area contributed by atoms with Gasteiger partial charge >= 0.3 is 0 Å². The molecule has 3 heterocycles. The van der Waals surface area contributed by atoms with E-state index in [2.05, 4.69) is 27.2 Å². The Kier molecular flexibility index (Phi) is 3.80. The molecule has 0 radical (unpaired) electrons. The van der Waals surface area contributed by atoms with Crippen LogP contribution >= 0.6 is 22.9 Å². The van der Waals surface area contributed by atoms with E-state index in [4.69, 9.17) is 16.6 Å². The van der Waals surface area contributed by atoms with E-state index >= 15 is 0 Å². The number of rotatable bonds is 3. The van der Waals surface area contributed by atoms with Crippen molar-refractivity contribution in [2.45, 2.75) is 38.1 Å². The molecule has 1 aliphatic carbocycles. The first-order valence-corrected chi connectivity index (χ1v) is 9.05. The molecule has 0 atom stereocenters. The molecule has 22 heavy (non-hydrogen) atoms. The van der Waals surface area contributed by atoms with Gasteiger partial charge in [-0.25, -0.2) is 4.98 Å². The summed E-state index contributed by atoms with van der Waals surface area (Å²) in [6.45, 7) is 0. The molecule has 3 aromatic rings. The van der Waals surface area contributed by atoms with Crippen LogP contribution in [0.15, 0.2) is 35.8 Å². The standard InChI is InChI=1S/C17H18ClN3S/c18-12-8-9-15-20-16(14-7-4-10-22-14)17(21(15)11-12)19-13-5-2-1-3-6-13/h4,7-11,13,19H,1-3,5-6H2. The van der Waals surface area contributed by atoms with Gasteiger partial charge < -0.3 is 5.32 Å². The Hall–Kier alpha value is -1.52. The normalized spacial score (nSPS) is 16.2. The Labute approximate surface area is 139 Å². The summed E-state index contributed by atoms with van der Waals surface area (Å²) in [7, 11) is 0. The van der Waals surface area contributed by atoms with Crippen molar-refractivity contribution in [3.8, 4) is 10.6 Å². The maximum absolute atomic E-state index is 6.19. The molecule has 114 valence electrons. The second-order valence-electron chi connectivity index (χ2n) is 5.84. The molecule has 0 saturated heterocycles. The van der Waals surface area contributed by atoms with Gasteiger partial charge in [0, 0.05) is 12.2 Å². The first kappa shape index (κ1) is 14.1. The molecule has 5 heteroatoms. The zero-order valence-corrected chi connectivity index (χ0v) is 13.8. The summed E-state index contributed by atoms with van der Waals surface area (Å²) in [6, 6.07) is 8.60. The fraction of sp³-hybridized carbons (Fsp3) is 0.353. The van der Waals surface area contributed by atoms with Crippen molar-refractivity contribution >= 4 is 34.4 Å². The van der Waals surface area contributed by atoms with Gasteiger partial charge in [-0.2, -0.15) is 0 Å². The lowest BCUT2D eigenvalue weighted by molar-refractivity contribution is 0.462. The third-order valence-corrected chi connectivity index (χ3v) is 5.38. The Morgan fingerprint density at radius 2 is 2.05 bits per heavy atom. The quantitative estimate of drug-likeness (QED) is 0.690. The van der Waals surface area contributed by atoms with E-state index in [0.717, 1.165) is 22.2 Å². The monoisotopic (exact) mass is 331 g/mol. The van der Waals surface area contributed by atoms with E-state index in [-0.39, 0.29) is 0 Å². The maximum Gasteiger partial charge on any atom is 0.139 e. The van der Waals surface area contributed by atoms with Gasteiger partial charge in [-0.1, -0.05) is 36.9 Å². The van der Waals surface area contributed by atoms with Gasteiger partial charge in [-0.05, 0) is 36.4 Å². The number of hydrogen-bond donors (Lipinski definition) is 1. The van der Waals surface area contributed by atoms with Crippen LogP contribution in [0.2, 0.25) is 5.02 Å². The summed E-state index contributed by atoms with van der Waals surface area (Å²) < 4.78 is 2.09. The number of anilines is 1. The van der Waals surface area contributed by atoms with E-state index in [1.165, 1.54) is 37.0 Å². The minimum Gasteiger partial charge on any atom is -0.367 e. The van der Waals surface area contributed by atoms with E-state index in [0.29, 0.717) is 6.04 Å². The second-order valence-corrected chi connectivity index (χ2v) is 7.23. The zero-order chi connectivity index (χ0) is 14.9. The molecule has 1 aliphatic rings. The number of halogens is 1. The van der Waals surface area contributed by atoms with Gasteiger partial charge in [0.05, 0.1) is 9.90 Å². The Morgan fingerprint density at radius 1 is 1.18 bits per heavy atom. The fourth-order valence-electron chi connectivity index (χ4n) is 3.18. The third kappa shape index (κ3) is 2.61. The lowest BCUT2D eigenvalue weighted by Crippen LogP contribution is -2.23. The number of nitrogens with zero attached hydrogens (tertiary/aromatic N) is 2. The van der Waals surface area contributed by atoms with Crippen LogP contribution in [0.5, 0.6) is 0 Å². The van der Waals surface area contributed by atoms with Crippen LogP contribution in [-0.2, 0) is 0 Å². The number of aromatic nitrogens is 2. The summed E-state index contributed by atoms with van der Waals surface area (Å²) >= 11 is 7.92. The summed E-state index contributed by atoms with van der Waals surface area (Å²) in [6.07, 6.45) is 8.39. The number of nitrogens with one attached hydrogen (secondary N) is 1. The number of pyridine rings is 1. The van der Waals surface area contributed by atoms with Crippen molar-refractivity contribution in [1.29, 1.82) is 0 Å². The van der Waals surface area contributed by atoms with Crippen LogP contribution in [0.4, 0.5) is 5.82 Å². The molecule has 1 N–H and O–H groups in total. The van der Waals surface area contributed by atoms with Gasteiger partial charge in [0.25, 0.3) is 0 Å². The number of hydrogen-bond acceptors (Lipinski definition) is 3. The van der Waals surface area contributed by atoms with Crippen molar-refractivity contribution in [3.63, 3.8) is 0 Å². The minimum atomic E-state index is 0.534. The third-order valence-electron chi connectivity index (χ3n) is 4.28. The van der Waals surface area contributed by atoms with Crippen molar-refractivity contribution in [2.24, 2.45) is 0 Å². The molecule has 0 amide bonds. The molecule has 1 saturated carbocycles. The fourth-order valence-corrected chi connectivity index (χ4v) is 4.06. The van der Waals surface area contributed by atoms with Gasteiger partial charge in [-0.15, -0.1) is 11.3 Å². The van der Waals surface area contributed by atoms with Gasteiger partial charge in [-0.3, -0.25) is 4.40 Å². The van der Waals surface area contributed by atoms with Gasteiger partial charge in [0.2, 0.25) is 0 Å². The molecular formula is C17H18ClN3S. The van der Waals surface area contributed by atoms with Crippen LogP contribution in [0.1, 0.15) is 32.1 Å². The Bertz CT molecular complexity index is 773. The highest BCUT2D eigenvalue weighted by Gasteiger charge is 2.20. The van der Waals surface area contributed by atoms with Crippen molar-refractivity contribution in [1.82, 2.24) is 9.38 Å². The lowest BCUT2D eigenvalue weighted by atomic mass is 9.95. The first-order valence-electron chi connectivity index (χ1n) is 7.79. The van der Waals surface area contributed by atoms with Crippen LogP contribution in [0, 0.1) is 0 Å². The minimum absolute atomic E-state index is 0.534. The smallest absolute Gasteiger partial charge is 0.139 e. The van der Waals surface area contributed by atoms with E-state index in [1.54, 1.807) is 11.3 Å². The molecule has 0 bridgehead atoms. The van der Waals surface area contributed by atoms with Crippen molar-refractivity contribution in [2.75, 3.05) is 5.32 Å². The van der Waals surface area contributed by atoms with Crippen LogP contribution in [0.3, 0.4) is 0 Å². The predicted octanol–water partition coefficient (Wildman–Crippen LogP) is 5.46. The Morgan fingerprint density at radius 3 is 2.82 bits per heavy atom. The van der Waals surface area contributed by atoms with Crippen LogP contribution in [0.25, 0.3) is 16.2 Å². The maximum atomic E-state index is 6.19. The molecule has 0 spiro atoms. The van der Waals surface area contributed by atoms with Gasteiger partial charge in [0.15, 0.2) is 0 Å². The largest absolute Gasteiger partial charge is 0.367 e. The number of thiophene rings is 1. The SMILES string of the molecule is Clc1ccc2nc(-c3cccs3)c(NC3CCCCC3)n2c1. The molecule has 1 fully saturated rings. The molecule has 0 aromatic carbocycles. The predicted molar refractivity (Wildman–Crippen MR) is 94.0 cm³/mol. The van der Waals surface area contributed by atoms with Crippen molar-refractivity contribution in [3.05, 3.63) is 40.9 Å². The van der Waals surface area contributed by atoms with E-state index in [1.807, 2.05) is 18.3 Å². The molecular weight excluding hydrogens is 314 g/mol. The molecule has 0 unspecified atom stereocenters. The highest BCUT2D eigenvalue weighted by molar-refractivity contribution is 7.13.